The molecule has 2 aromatic rings. The van der Waals surface area contributed by atoms with Crippen LogP contribution in [0.15, 0.2) is 54.6 Å². The Labute approximate surface area is 89.8 Å². The summed E-state index contributed by atoms with van der Waals surface area (Å²) in [5.41, 5.74) is 0.958. The average molecular weight is 210 g/mol. The minimum atomic E-state index is 0. The van der Waals surface area contributed by atoms with Gasteiger partial charge < -0.3 is 30.3 Å². The van der Waals surface area contributed by atoms with Gasteiger partial charge in [0.05, 0.1) is 0 Å². The summed E-state index contributed by atoms with van der Waals surface area (Å²) in [6, 6.07) is 17.7. The second kappa shape index (κ2) is 7.43. The van der Waals surface area contributed by atoms with Crippen molar-refractivity contribution >= 4 is 0 Å². The third kappa shape index (κ3) is 5.09. The Bertz CT molecular complexity index is 291. The first kappa shape index (κ1) is 11.8. The molecule has 0 aromatic heterocycles. The molecule has 0 N–H and O–H groups in total. The second-order valence-electron chi connectivity index (χ2n) is 2.28. The van der Waals surface area contributed by atoms with E-state index in [9.17, 15) is 0 Å². The molecule has 0 fully saturated rings. The molecule has 0 saturated heterocycles. The van der Waals surface area contributed by atoms with Crippen molar-refractivity contribution in [3.05, 3.63) is 60.2 Å². The van der Waals surface area contributed by atoms with E-state index in [1.807, 2.05) is 54.6 Å². The van der Waals surface area contributed by atoms with Gasteiger partial charge >= 0.3 is 0 Å². The predicted octanol–water partition coefficient (Wildman–Crippen LogP) is 2.79. The number of hydrogen-bond acceptors (Lipinski definition) is 0. The Kier molecular flexibility index (Phi) is 6.73. The molecule has 0 unspecified atom stereocenters. The summed E-state index contributed by atoms with van der Waals surface area (Å²) >= 11 is 0. The molecule has 1 heteroatoms. The van der Waals surface area contributed by atoms with Crippen molar-refractivity contribution in [3.63, 3.8) is 0 Å². The van der Waals surface area contributed by atoms with E-state index in [0.29, 0.717) is 0 Å². The summed E-state index contributed by atoms with van der Waals surface area (Å²) in [6.07, 6.45) is 5.04. The molecular weight excluding hydrogens is 200 g/mol. The molecule has 0 aliphatic rings. The molecular formula is C12H10Fe-6. The standard InChI is InChI=1S/C7H5.C5H5.Fe/c1-2-7-5-3-4-6-7;1-2-4-5-3-1;/h1,3-6H;1-5H;/q-1;-5;. The zero-order chi connectivity index (χ0) is 8.65. The molecule has 72 valence electrons. The molecule has 0 amide bonds. The maximum absolute atomic E-state index is 5.04. The predicted molar refractivity (Wildman–Crippen MR) is 52.0 cm³/mol. The van der Waals surface area contributed by atoms with E-state index < -0.39 is 0 Å². The fourth-order valence-corrected chi connectivity index (χ4v) is 0.791. The molecule has 0 bridgehead atoms. The SMILES string of the molecule is C#C[c-]1cccc1.[Fe].[cH-]1[cH-][cH-][cH-][cH-]1. The molecule has 0 spiro atoms. The van der Waals surface area contributed by atoms with Crippen molar-refractivity contribution in [2.24, 2.45) is 0 Å². The summed E-state index contributed by atoms with van der Waals surface area (Å²) < 4.78 is 0. The Hall–Kier alpha value is -1.22. The monoisotopic (exact) mass is 210 g/mol. The topological polar surface area (TPSA) is 0 Å². The van der Waals surface area contributed by atoms with Crippen molar-refractivity contribution < 1.29 is 17.1 Å². The Balaban J connectivity index is 0.000000215. The Morgan fingerprint density at radius 1 is 0.923 bits per heavy atom. The first-order chi connectivity index (χ1) is 5.93. The van der Waals surface area contributed by atoms with Gasteiger partial charge in [-0.2, -0.15) is 18.1 Å². The van der Waals surface area contributed by atoms with Gasteiger partial charge in [0.2, 0.25) is 0 Å². The van der Waals surface area contributed by atoms with Crippen molar-refractivity contribution in [2.75, 3.05) is 0 Å². The number of hydrogen-bond donors (Lipinski definition) is 0. The second-order valence-corrected chi connectivity index (χ2v) is 2.28. The van der Waals surface area contributed by atoms with Crippen LogP contribution in [0.25, 0.3) is 0 Å². The van der Waals surface area contributed by atoms with E-state index in [4.69, 9.17) is 6.42 Å². The molecule has 13 heavy (non-hydrogen) atoms. The molecule has 0 atom stereocenters. The van der Waals surface area contributed by atoms with Gasteiger partial charge in [0.1, 0.15) is 0 Å². The minimum Gasteiger partial charge on any atom is -0.748 e. The van der Waals surface area contributed by atoms with Crippen LogP contribution in [0.2, 0.25) is 0 Å². The fourth-order valence-electron chi connectivity index (χ4n) is 0.791. The summed E-state index contributed by atoms with van der Waals surface area (Å²) in [7, 11) is 0. The van der Waals surface area contributed by atoms with Crippen LogP contribution in [0.5, 0.6) is 0 Å². The molecule has 2 rings (SSSR count). The van der Waals surface area contributed by atoms with Crippen molar-refractivity contribution in [2.45, 2.75) is 0 Å². The van der Waals surface area contributed by atoms with E-state index in [1.165, 1.54) is 0 Å². The summed E-state index contributed by atoms with van der Waals surface area (Å²) in [4.78, 5) is 0. The van der Waals surface area contributed by atoms with Crippen LogP contribution in [0, 0.1) is 12.3 Å². The van der Waals surface area contributed by atoms with Crippen LogP contribution in [-0.4, -0.2) is 0 Å². The van der Waals surface area contributed by atoms with Gasteiger partial charge in [0.25, 0.3) is 0 Å². The van der Waals surface area contributed by atoms with Crippen LogP contribution in [0.1, 0.15) is 5.56 Å². The summed E-state index contributed by atoms with van der Waals surface area (Å²) in [5.74, 6) is 2.51. The van der Waals surface area contributed by atoms with E-state index in [2.05, 4.69) is 5.92 Å². The first-order valence-corrected chi connectivity index (χ1v) is 3.78. The smallest absolute Gasteiger partial charge is 0 e. The quantitative estimate of drug-likeness (QED) is 0.356. The van der Waals surface area contributed by atoms with Gasteiger partial charge in [-0.15, -0.1) is 12.1 Å². The summed E-state index contributed by atoms with van der Waals surface area (Å²) in [5, 5.41) is 0. The van der Waals surface area contributed by atoms with Crippen molar-refractivity contribution in [1.29, 1.82) is 0 Å². The van der Waals surface area contributed by atoms with E-state index in [-0.39, 0.29) is 17.1 Å². The van der Waals surface area contributed by atoms with E-state index >= 15 is 0 Å². The van der Waals surface area contributed by atoms with Gasteiger partial charge in [-0.1, -0.05) is 5.56 Å². The molecule has 0 radical (unpaired) electrons. The fraction of sp³-hybridized carbons (Fsp3) is 0. The van der Waals surface area contributed by atoms with Crippen LogP contribution in [0.4, 0.5) is 0 Å². The van der Waals surface area contributed by atoms with Gasteiger partial charge in [0.15, 0.2) is 0 Å². The van der Waals surface area contributed by atoms with Gasteiger partial charge in [-0.3, -0.25) is 0 Å². The van der Waals surface area contributed by atoms with Crippen LogP contribution in [0.3, 0.4) is 0 Å². The third-order valence-electron chi connectivity index (χ3n) is 1.38. The van der Waals surface area contributed by atoms with Crippen LogP contribution in [-0.2, 0) is 17.1 Å². The van der Waals surface area contributed by atoms with Crippen LogP contribution < -0.4 is 0 Å². The van der Waals surface area contributed by atoms with Gasteiger partial charge in [0, 0.05) is 17.1 Å². The maximum Gasteiger partial charge on any atom is 0 e. The maximum atomic E-state index is 5.04. The molecule has 0 saturated carbocycles. The number of rotatable bonds is 0. The average Bonchev–Trinajstić information content (AvgIpc) is 2.81. The number of terminal acetylenes is 1. The molecule has 0 aliphatic carbocycles. The third-order valence-corrected chi connectivity index (χ3v) is 1.38. The van der Waals surface area contributed by atoms with Crippen molar-refractivity contribution in [3.8, 4) is 12.3 Å². The Morgan fingerprint density at radius 2 is 1.31 bits per heavy atom. The van der Waals surface area contributed by atoms with E-state index in [0.717, 1.165) is 5.56 Å². The molecule has 0 heterocycles. The van der Waals surface area contributed by atoms with E-state index in [1.54, 1.807) is 0 Å². The zero-order valence-corrected chi connectivity index (χ0v) is 8.23. The van der Waals surface area contributed by atoms with Crippen molar-refractivity contribution in [1.82, 2.24) is 0 Å². The Morgan fingerprint density at radius 3 is 1.54 bits per heavy atom. The first-order valence-electron chi connectivity index (χ1n) is 3.78. The normalized spacial score (nSPS) is 7.31. The minimum absolute atomic E-state index is 0. The summed E-state index contributed by atoms with van der Waals surface area (Å²) in [6.45, 7) is 0. The largest absolute Gasteiger partial charge is 0.748 e. The van der Waals surface area contributed by atoms with Gasteiger partial charge in [-0.05, 0) is 0 Å². The zero-order valence-electron chi connectivity index (χ0n) is 7.13. The molecule has 0 aliphatic heterocycles. The van der Waals surface area contributed by atoms with Gasteiger partial charge in [-0.25, -0.2) is 6.42 Å². The molecule has 0 nitrogen and oxygen atoms in total. The van der Waals surface area contributed by atoms with Crippen LogP contribution >= 0.6 is 0 Å². The molecule has 2 aromatic carbocycles.